The average Bonchev–Trinajstić information content (AvgIpc) is 2.98. The molecule has 0 saturated carbocycles. The molecule has 19 heavy (non-hydrogen) atoms. The Morgan fingerprint density at radius 2 is 2.32 bits per heavy atom. The lowest BCUT2D eigenvalue weighted by Gasteiger charge is -2.03. The van der Waals surface area contributed by atoms with Gasteiger partial charge in [0.25, 0.3) is 5.91 Å². The number of amides is 1. The Balaban J connectivity index is 1.92. The van der Waals surface area contributed by atoms with Gasteiger partial charge in [-0.05, 0) is 6.92 Å². The summed E-state index contributed by atoms with van der Waals surface area (Å²) in [5, 5.41) is 7.85. The molecule has 102 valence electrons. The monoisotopic (exact) mass is 279 g/mol. The van der Waals surface area contributed by atoms with E-state index in [0.29, 0.717) is 23.9 Å². The molecule has 0 aliphatic rings. The molecule has 2 aromatic heterocycles. The van der Waals surface area contributed by atoms with E-state index in [1.165, 1.54) is 17.7 Å². The molecular formula is C12H17N5OS. The van der Waals surface area contributed by atoms with Crippen LogP contribution in [0.3, 0.4) is 0 Å². The zero-order chi connectivity index (χ0) is 13.8. The lowest BCUT2D eigenvalue weighted by atomic mass is 10.2. The third-order valence-corrected chi connectivity index (χ3v) is 4.06. The molecule has 6 nitrogen and oxygen atoms in total. The second-order valence-electron chi connectivity index (χ2n) is 4.54. The number of rotatable bonds is 5. The molecule has 0 fully saturated rings. The summed E-state index contributed by atoms with van der Waals surface area (Å²) in [4.78, 5) is 21.0. The molecule has 0 spiro atoms. The van der Waals surface area contributed by atoms with Crippen molar-refractivity contribution in [3.8, 4) is 0 Å². The predicted molar refractivity (Wildman–Crippen MR) is 73.3 cm³/mol. The van der Waals surface area contributed by atoms with E-state index in [2.05, 4.69) is 34.2 Å². The summed E-state index contributed by atoms with van der Waals surface area (Å²) >= 11 is 1.47. The van der Waals surface area contributed by atoms with Gasteiger partial charge in [0.05, 0.1) is 17.2 Å². The summed E-state index contributed by atoms with van der Waals surface area (Å²) in [6.07, 6.45) is 3.10. The summed E-state index contributed by atoms with van der Waals surface area (Å²) in [6.45, 7) is 7.15. The van der Waals surface area contributed by atoms with Crippen LogP contribution in [-0.2, 0) is 6.54 Å². The van der Waals surface area contributed by atoms with Gasteiger partial charge < -0.3 is 5.32 Å². The van der Waals surface area contributed by atoms with Crippen molar-refractivity contribution < 1.29 is 4.79 Å². The summed E-state index contributed by atoms with van der Waals surface area (Å²) in [5.74, 6) is 0.280. The summed E-state index contributed by atoms with van der Waals surface area (Å²) in [6, 6.07) is 0. The van der Waals surface area contributed by atoms with Crippen molar-refractivity contribution >= 4 is 17.2 Å². The first-order valence-corrected chi connectivity index (χ1v) is 6.97. The molecule has 0 bridgehead atoms. The Bertz CT molecular complexity index is 546. The highest BCUT2D eigenvalue weighted by molar-refractivity contribution is 7.13. The van der Waals surface area contributed by atoms with E-state index >= 15 is 0 Å². The fourth-order valence-corrected chi connectivity index (χ4v) is 2.57. The SMILES string of the molecule is Cc1nc(C(C)C)sc1C(=O)NCCn1cncn1. The number of carbonyl (C=O) groups is 1. The quantitative estimate of drug-likeness (QED) is 0.902. The number of hydrogen-bond acceptors (Lipinski definition) is 5. The van der Waals surface area contributed by atoms with Gasteiger partial charge in [0.2, 0.25) is 0 Å². The molecule has 2 heterocycles. The number of carbonyl (C=O) groups excluding carboxylic acids is 1. The van der Waals surface area contributed by atoms with E-state index in [1.807, 2.05) is 6.92 Å². The molecule has 1 N–H and O–H groups in total. The Labute approximate surface area is 115 Å². The topological polar surface area (TPSA) is 72.7 Å². The fourth-order valence-electron chi connectivity index (χ4n) is 1.59. The maximum Gasteiger partial charge on any atom is 0.263 e. The van der Waals surface area contributed by atoms with Crippen molar-refractivity contribution in [3.05, 3.63) is 28.2 Å². The lowest BCUT2D eigenvalue weighted by molar-refractivity contribution is 0.0955. The minimum atomic E-state index is -0.0676. The Hall–Kier alpha value is -1.76. The molecule has 1 amide bonds. The van der Waals surface area contributed by atoms with Crippen molar-refractivity contribution in [3.63, 3.8) is 0 Å². The van der Waals surface area contributed by atoms with Crippen LogP contribution in [0, 0.1) is 6.92 Å². The average molecular weight is 279 g/mol. The van der Waals surface area contributed by atoms with Gasteiger partial charge in [-0.15, -0.1) is 11.3 Å². The van der Waals surface area contributed by atoms with Gasteiger partial charge in [0.1, 0.15) is 17.5 Å². The zero-order valence-electron chi connectivity index (χ0n) is 11.3. The molecule has 0 aliphatic heterocycles. The third kappa shape index (κ3) is 3.37. The van der Waals surface area contributed by atoms with Crippen LogP contribution in [-0.4, -0.2) is 32.2 Å². The minimum Gasteiger partial charge on any atom is -0.349 e. The number of nitrogens with one attached hydrogen (secondary N) is 1. The first kappa shape index (κ1) is 13.7. The van der Waals surface area contributed by atoms with Crippen LogP contribution in [0.2, 0.25) is 0 Å². The smallest absolute Gasteiger partial charge is 0.263 e. The molecule has 7 heteroatoms. The van der Waals surface area contributed by atoms with Crippen LogP contribution in [0.1, 0.15) is 40.1 Å². The highest BCUT2D eigenvalue weighted by atomic mass is 32.1. The lowest BCUT2D eigenvalue weighted by Crippen LogP contribution is -2.27. The van der Waals surface area contributed by atoms with Gasteiger partial charge in [-0.2, -0.15) is 5.10 Å². The van der Waals surface area contributed by atoms with Crippen molar-refractivity contribution in [2.45, 2.75) is 33.2 Å². The van der Waals surface area contributed by atoms with E-state index in [1.54, 1.807) is 11.0 Å². The molecule has 2 rings (SSSR count). The molecule has 0 unspecified atom stereocenters. The molecule has 0 saturated heterocycles. The van der Waals surface area contributed by atoms with Crippen LogP contribution >= 0.6 is 11.3 Å². The van der Waals surface area contributed by atoms with Gasteiger partial charge in [-0.1, -0.05) is 13.8 Å². The number of aromatic nitrogens is 4. The predicted octanol–water partition coefficient (Wildman–Crippen LogP) is 1.60. The summed E-state index contributed by atoms with van der Waals surface area (Å²) in [7, 11) is 0. The van der Waals surface area contributed by atoms with E-state index in [9.17, 15) is 4.79 Å². The highest BCUT2D eigenvalue weighted by Gasteiger charge is 2.16. The fraction of sp³-hybridized carbons (Fsp3) is 0.500. The van der Waals surface area contributed by atoms with E-state index in [4.69, 9.17) is 0 Å². The largest absolute Gasteiger partial charge is 0.349 e. The minimum absolute atomic E-state index is 0.0676. The maximum absolute atomic E-state index is 12.0. The highest BCUT2D eigenvalue weighted by Crippen LogP contribution is 2.24. The van der Waals surface area contributed by atoms with E-state index < -0.39 is 0 Å². The van der Waals surface area contributed by atoms with E-state index in [-0.39, 0.29) is 5.91 Å². The standard InChI is InChI=1S/C12H17N5OS/c1-8(2)12-16-9(3)10(19-12)11(18)14-4-5-17-7-13-6-15-17/h6-8H,4-5H2,1-3H3,(H,14,18). The normalized spacial score (nSPS) is 10.9. The number of hydrogen-bond donors (Lipinski definition) is 1. The maximum atomic E-state index is 12.0. The van der Waals surface area contributed by atoms with Crippen LogP contribution in [0.5, 0.6) is 0 Å². The molecule has 2 aromatic rings. The van der Waals surface area contributed by atoms with Gasteiger partial charge in [-0.25, -0.2) is 9.97 Å². The first-order valence-electron chi connectivity index (χ1n) is 6.16. The van der Waals surface area contributed by atoms with Crippen molar-refractivity contribution in [1.82, 2.24) is 25.1 Å². The summed E-state index contributed by atoms with van der Waals surface area (Å²) in [5.41, 5.74) is 0.798. The number of nitrogens with zero attached hydrogens (tertiary/aromatic N) is 4. The van der Waals surface area contributed by atoms with Gasteiger partial charge >= 0.3 is 0 Å². The van der Waals surface area contributed by atoms with Crippen molar-refractivity contribution in [2.24, 2.45) is 0 Å². The number of aryl methyl sites for hydroxylation is 1. The molecule has 0 atom stereocenters. The van der Waals surface area contributed by atoms with Crippen LogP contribution in [0.4, 0.5) is 0 Å². The molecular weight excluding hydrogens is 262 g/mol. The van der Waals surface area contributed by atoms with Crippen molar-refractivity contribution in [1.29, 1.82) is 0 Å². The molecule has 0 aliphatic carbocycles. The van der Waals surface area contributed by atoms with Gasteiger partial charge in [0.15, 0.2) is 0 Å². The second kappa shape index (κ2) is 5.92. The Morgan fingerprint density at radius 1 is 1.53 bits per heavy atom. The van der Waals surface area contributed by atoms with Crippen LogP contribution < -0.4 is 5.32 Å². The third-order valence-electron chi connectivity index (χ3n) is 2.61. The van der Waals surface area contributed by atoms with E-state index in [0.717, 1.165) is 10.7 Å². The second-order valence-corrected chi connectivity index (χ2v) is 5.57. The summed E-state index contributed by atoms with van der Waals surface area (Å²) < 4.78 is 1.68. The molecule has 0 aromatic carbocycles. The first-order chi connectivity index (χ1) is 9.08. The Morgan fingerprint density at radius 3 is 2.89 bits per heavy atom. The van der Waals surface area contributed by atoms with Crippen molar-refractivity contribution in [2.75, 3.05) is 6.54 Å². The number of thiazole rings is 1. The van der Waals surface area contributed by atoms with Gasteiger partial charge in [0, 0.05) is 12.5 Å². The Kier molecular flexibility index (Phi) is 4.26. The molecule has 0 radical (unpaired) electrons. The van der Waals surface area contributed by atoms with Gasteiger partial charge in [-0.3, -0.25) is 9.48 Å². The van der Waals surface area contributed by atoms with Crippen LogP contribution in [0.25, 0.3) is 0 Å². The van der Waals surface area contributed by atoms with Crippen LogP contribution in [0.15, 0.2) is 12.7 Å². The zero-order valence-corrected chi connectivity index (χ0v) is 12.1.